The Labute approximate surface area is 119 Å². The topological polar surface area (TPSA) is 99.1 Å². The van der Waals surface area contributed by atoms with Crippen LogP contribution in [0.5, 0.6) is 0 Å². The van der Waals surface area contributed by atoms with Crippen molar-refractivity contribution in [2.45, 2.75) is 45.2 Å². The van der Waals surface area contributed by atoms with E-state index in [0.717, 1.165) is 12.8 Å². The maximum Gasteiger partial charge on any atom is 0.326 e. The lowest BCUT2D eigenvalue weighted by atomic mass is 10.1. The molecule has 0 aromatic rings. The van der Waals surface area contributed by atoms with Gasteiger partial charge in [0.25, 0.3) is 0 Å². The number of carboxylic acids is 1. The fraction of sp³-hybridized carbons (Fsp3) is 0.846. The predicted molar refractivity (Wildman–Crippen MR) is 74.6 cm³/mol. The molecule has 0 saturated carbocycles. The second-order valence-corrected chi connectivity index (χ2v) is 4.51. The van der Waals surface area contributed by atoms with Crippen LogP contribution in [0.1, 0.15) is 33.1 Å². The molecule has 1 unspecified atom stereocenters. The SMILES string of the molecule is CCC(CC)N(CCO)C(=O)NC(CCOC)C(=O)O. The minimum absolute atomic E-state index is 0.0148. The van der Waals surface area contributed by atoms with Crippen LogP contribution in [0.2, 0.25) is 0 Å². The molecule has 0 aromatic heterocycles. The van der Waals surface area contributed by atoms with Crippen LogP contribution in [0.25, 0.3) is 0 Å². The van der Waals surface area contributed by atoms with Crippen LogP contribution >= 0.6 is 0 Å². The van der Waals surface area contributed by atoms with E-state index in [9.17, 15) is 9.59 Å². The average molecular weight is 290 g/mol. The summed E-state index contributed by atoms with van der Waals surface area (Å²) in [4.78, 5) is 24.8. The van der Waals surface area contributed by atoms with Crippen molar-refractivity contribution in [1.29, 1.82) is 0 Å². The third kappa shape index (κ3) is 6.21. The molecule has 0 fully saturated rings. The highest BCUT2D eigenvalue weighted by Crippen LogP contribution is 2.09. The predicted octanol–water partition coefficient (Wildman–Crippen LogP) is 0.669. The van der Waals surface area contributed by atoms with Gasteiger partial charge in [0, 0.05) is 32.7 Å². The van der Waals surface area contributed by atoms with Gasteiger partial charge in [-0.2, -0.15) is 0 Å². The van der Waals surface area contributed by atoms with Crippen LogP contribution in [0.4, 0.5) is 4.79 Å². The van der Waals surface area contributed by atoms with Gasteiger partial charge < -0.3 is 25.2 Å². The molecule has 7 nitrogen and oxygen atoms in total. The summed E-state index contributed by atoms with van der Waals surface area (Å²) in [6, 6.07) is -1.46. The summed E-state index contributed by atoms with van der Waals surface area (Å²) in [6.07, 6.45) is 1.70. The van der Waals surface area contributed by atoms with E-state index in [1.807, 2.05) is 13.8 Å². The molecule has 118 valence electrons. The number of carbonyl (C=O) groups excluding carboxylic acids is 1. The van der Waals surface area contributed by atoms with E-state index < -0.39 is 18.0 Å². The minimum atomic E-state index is -1.09. The lowest BCUT2D eigenvalue weighted by molar-refractivity contribution is -0.139. The van der Waals surface area contributed by atoms with Crippen molar-refractivity contribution in [2.75, 3.05) is 26.9 Å². The summed E-state index contributed by atoms with van der Waals surface area (Å²) in [6.45, 7) is 4.19. The molecular weight excluding hydrogens is 264 g/mol. The van der Waals surface area contributed by atoms with E-state index in [4.69, 9.17) is 14.9 Å². The number of aliphatic carboxylic acids is 1. The van der Waals surface area contributed by atoms with Crippen molar-refractivity contribution >= 4 is 12.0 Å². The number of amides is 2. The van der Waals surface area contributed by atoms with Crippen LogP contribution in [0, 0.1) is 0 Å². The van der Waals surface area contributed by atoms with Crippen molar-refractivity contribution in [3.05, 3.63) is 0 Å². The van der Waals surface area contributed by atoms with E-state index in [1.54, 1.807) is 0 Å². The first-order chi connectivity index (χ1) is 9.51. The molecule has 0 aliphatic carbocycles. The number of methoxy groups -OCH3 is 1. The monoisotopic (exact) mass is 290 g/mol. The van der Waals surface area contributed by atoms with Gasteiger partial charge in [-0.05, 0) is 12.8 Å². The Balaban J connectivity index is 4.73. The second kappa shape index (κ2) is 10.4. The zero-order valence-corrected chi connectivity index (χ0v) is 12.5. The van der Waals surface area contributed by atoms with Gasteiger partial charge in [0.05, 0.1) is 6.61 Å². The van der Waals surface area contributed by atoms with Gasteiger partial charge in [-0.25, -0.2) is 9.59 Å². The van der Waals surface area contributed by atoms with Gasteiger partial charge >= 0.3 is 12.0 Å². The van der Waals surface area contributed by atoms with Gasteiger partial charge in [-0.15, -0.1) is 0 Å². The molecule has 3 N–H and O–H groups in total. The Morgan fingerprint density at radius 1 is 1.30 bits per heavy atom. The third-order valence-corrected chi connectivity index (χ3v) is 3.19. The van der Waals surface area contributed by atoms with Crippen molar-refractivity contribution < 1.29 is 24.5 Å². The summed E-state index contributed by atoms with van der Waals surface area (Å²) in [7, 11) is 1.48. The number of nitrogens with zero attached hydrogens (tertiary/aromatic N) is 1. The number of carbonyl (C=O) groups is 2. The largest absolute Gasteiger partial charge is 0.480 e. The number of rotatable bonds is 10. The average Bonchev–Trinajstić information content (AvgIpc) is 2.43. The number of aliphatic hydroxyl groups excluding tert-OH is 1. The molecule has 2 amide bonds. The van der Waals surface area contributed by atoms with Gasteiger partial charge in [-0.1, -0.05) is 13.8 Å². The second-order valence-electron chi connectivity index (χ2n) is 4.51. The quantitative estimate of drug-likeness (QED) is 0.549. The first kappa shape index (κ1) is 18.7. The van der Waals surface area contributed by atoms with E-state index in [0.29, 0.717) is 0 Å². The highest BCUT2D eigenvalue weighted by Gasteiger charge is 2.25. The Morgan fingerprint density at radius 2 is 1.90 bits per heavy atom. The van der Waals surface area contributed by atoms with Crippen molar-refractivity contribution in [1.82, 2.24) is 10.2 Å². The fourth-order valence-electron chi connectivity index (χ4n) is 2.01. The number of nitrogens with one attached hydrogen (secondary N) is 1. The summed E-state index contributed by atoms with van der Waals surface area (Å²) in [5.41, 5.74) is 0. The Morgan fingerprint density at radius 3 is 2.30 bits per heavy atom. The highest BCUT2D eigenvalue weighted by atomic mass is 16.5. The standard InChI is InChI=1S/C13H26N2O5/c1-4-10(5-2)15(7-8-16)13(19)14-11(12(17)18)6-9-20-3/h10-11,16H,4-9H2,1-3H3,(H,14,19)(H,17,18). The Hall–Kier alpha value is -1.34. The highest BCUT2D eigenvalue weighted by molar-refractivity contribution is 5.82. The maximum absolute atomic E-state index is 12.2. The molecule has 1 atom stereocenters. The van der Waals surface area contributed by atoms with Crippen molar-refractivity contribution in [2.24, 2.45) is 0 Å². The van der Waals surface area contributed by atoms with Crippen LogP contribution in [0.3, 0.4) is 0 Å². The zero-order chi connectivity index (χ0) is 15.5. The summed E-state index contributed by atoms with van der Waals surface area (Å²) in [5.74, 6) is -1.09. The number of hydrogen-bond acceptors (Lipinski definition) is 4. The number of aliphatic hydroxyl groups is 1. The number of ether oxygens (including phenoxy) is 1. The first-order valence-corrected chi connectivity index (χ1v) is 6.91. The summed E-state index contributed by atoms with van der Waals surface area (Å²) < 4.78 is 4.83. The molecule has 0 saturated heterocycles. The van der Waals surface area contributed by atoms with Gasteiger partial charge in [0.15, 0.2) is 0 Å². The van der Waals surface area contributed by atoms with Crippen LogP contribution in [0.15, 0.2) is 0 Å². The van der Waals surface area contributed by atoms with Gasteiger partial charge in [0.2, 0.25) is 0 Å². The van der Waals surface area contributed by atoms with Crippen LogP contribution < -0.4 is 5.32 Å². The molecule has 0 rings (SSSR count). The molecule has 0 aliphatic rings. The summed E-state index contributed by atoms with van der Waals surface area (Å²) in [5, 5.41) is 20.6. The maximum atomic E-state index is 12.2. The minimum Gasteiger partial charge on any atom is -0.480 e. The van der Waals surface area contributed by atoms with E-state index >= 15 is 0 Å². The van der Waals surface area contributed by atoms with Gasteiger partial charge in [-0.3, -0.25) is 0 Å². The molecule has 7 heteroatoms. The molecule has 20 heavy (non-hydrogen) atoms. The first-order valence-electron chi connectivity index (χ1n) is 6.91. The molecular formula is C13H26N2O5. The van der Waals surface area contributed by atoms with E-state index in [1.165, 1.54) is 12.0 Å². The Kier molecular flexibility index (Phi) is 9.75. The zero-order valence-electron chi connectivity index (χ0n) is 12.5. The van der Waals surface area contributed by atoms with E-state index in [-0.39, 0.29) is 32.2 Å². The van der Waals surface area contributed by atoms with Crippen molar-refractivity contribution in [3.63, 3.8) is 0 Å². The summed E-state index contributed by atoms with van der Waals surface area (Å²) >= 11 is 0. The van der Waals surface area contributed by atoms with Gasteiger partial charge in [0.1, 0.15) is 6.04 Å². The number of hydrogen-bond donors (Lipinski definition) is 3. The van der Waals surface area contributed by atoms with Crippen molar-refractivity contribution in [3.8, 4) is 0 Å². The lowest BCUT2D eigenvalue weighted by Gasteiger charge is -2.31. The van der Waals surface area contributed by atoms with E-state index in [2.05, 4.69) is 5.32 Å². The lowest BCUT2D eigenvalue weighted by Crippen LogP contribution is -2.52. The normalized spacial score (nSPS) is 12.2. The molecule has 0 spiro atoms. The fourth-order valence-corrected chi connectivity index (χ4v) is 2.01. The molecule has 0 heterocycles. The third-order valence-electron chi connectivity index (χ3n) is 3.19. The molecule has 0 bridgehead atoms. The molecule has 0 aromatic carbocycles. The van der Waals surface area contributed by atoms with Crippen LogP contribution in [-0.2, 0) is 9.53 Å². The number of urea groups is 1. The Bertz CT molecular complexity index is 294. The molecule has 0 radical (unpaired) electrons. The number of carboxylic acid groups (broad SMARTS) is 1. The smallest absolute Gasteiger partial charge is 0.326 e. The molecule has 0 aliphatic heterocycles. The van der Waals surface area contributed by atoms with Crippen LogP contribution in [-0.4, -0.2) is 66.1 Å².